The monoisotopic (exact) mass is 165 g/mol. The van der Waals surface area contributed by atoms with Gasteiger partial charge in [-0.05, 0) is 25.9 Å². The number of hydrogen-bond acceptors (Lipinski definition) is 2. The van der Waals surface area contributed by atoms with Crippen LogP contribution in [0.2, 0.25) is 0 Å². The van der Waals surface area contributed by atoms with Crippen molar-refractivity contribution in [3.63, 3.8) is 0 Å². The zero-order valence-corrected chi connectivity index (χ0v) is 7.53. The molecule has 1 aliphatic rings. The van der Waals surface area contributed by atoms with Crippen molar-refractivity contribution in [1.82, 2.24) is 14.5 Å². The fraction of sp³-hybridized carbons (Fsp3) is 0.667. The number of hydrogen-bond donors (Lipinski definition) is 0. The Morgan fingerprint density at radius 1 is 1.42 bits per heavy atom. The quantitative estimate of drug-likeness (QED) is 0.652. The first-order chi connectivity index (χ1) is 5.86. The largest absolute Gasteiger partial charge is 0.337 e. The molecule has 2 heterocycles. The molecule has 0 saturated carbocycles. The number of likely N-dealkylation sites (tertiary alicyclic amines) is 1. The summed E-state index contributed by atoms with van der Waals surface area (Å²) in [4.78, 5) is 6.76. The summed E-state index contributed by atoms with van der Waals surface area (Å²) in [5.74, 6) is 1.18. The molecule has 0 aromatic carbocycles. The molecule has 1 aromatic heterocycles. The van der Waals surface area contributed by atoms with Crippen LogP contribution in [0, 0.1) is 0 Å². The van der Waals surface area contributed by atoms with Crippen LogP contribution in [-0.2, 0) is 13.6 Å². The van der Waals surface area contributed by atoms with Crippen molar-refractivity contribution in [2.45, 2.75) is 19.4 Å². The molecule has 1 aliphatic heterocycles. The molecule has 12 heavy (non-hydrogen) atoms. The van der Waals surface area contributed by atoms with Gasteiger partial charge in [0.25, 0.3) is 0 Å². The van der Waals surface area contributed by atoms with E-state index in [4.69, 9.17) is 0 Å². The van der Waals surface area contributed by atoms with Crippen LogP contribution < -0.4 is 0 Å². The van der Waals surface area contributed by atoms with E-state index in [1.807, 2.05) is 12.4 Å². The number of aromatic nitrogens is 2. The Morgan fingerprint density at radius 2 is 2.17 bits per heavy atom. The lowest BCUT2D eigenvalue weighted by molar-refractivity contribution is 0.318. The molecule has 0 amide bonds. The highest BCUT2D eigenvalue weighted by Gasteiger charge is 2.13. The first kappa shape index (κ1) is 7.80. The van der Waals surface area contributed by atoms with Crippen molar-refractivity contribution in [2.75, 3.05) is 13.1 Å². The van der Waals surface area contributed by atoms with Gasteiger partial charge in [0, 0.05) is 19.4 Å². The fourth-order valence-corrected chi connectivity index (χ4v) is 1.69. The molecule has 2 rings (SSSR count). The van der Waals surface area contributed by atoms with Crippen LogP contribution in [0.3, 0.4) is 0 Å². The summed E-state index contributed by atoms with van der Waals surface area (Å²) in [6.45, 7) is 3.50. The summed E-state index contributed by atoms with van der Waals surface area (Å²) < 4.78 is 2.10. The highest BCUT2D eigenvalue weighted by atomic mass is 15.2. The van der Waals surface area contributed by atoms with Crippen molar-refractivity contribution in [1.29, 1.82) is 0 Å². The maximum atomic E-state index is 4.30. The molecular formula is C9H15N3. The Bertz CT molecular complexity index is 248. The van der Waals surface area contributed by atoms with Crippen LogP contribution in [-0.4, -0.2) is 27.5 Å². The zero-order valence-electron chi connectivity index (χ0n) is 7.53. The number of aryl methyl sites for hydroxylation is 1. The summed E-state index contributed by atoms with van der Waals surface area (Å²) >= 11 is 0. The van der Waals surface area contributed by atoms with Gasteiger partial charge in [-0.15, -0.1) is 0 Å². The third-order valence-electron chi connectivity index (χ3n) is 2.48. The van der Waals surface area contributed by atoms with Gasteiger partial charge < -0.3 is 4.57 Å². The molecule has 3 nitrogen and oxygen atoms in total. The molecule has 66 valence electrons. The van der Waals surface area contributed by atoms with E-state index in [1.54, 1.807) is 0 Å². The minimum atomic E-state index is 1.02. The molecule has 1 saturated heterocycles. The van der Waals surface area contributed by atoms with E-state index in [9.17, 15) is 0 Å². The summed E-state index contributed by atoms with van der Waals surface area (Å²) in [5.41, 5.74) is 0. The van der Waals surface area contributed by atoms with Crippen molar-refractivity contribution in [3.8, 4) is 0 Å². The van der Waals surface area contributed by atoms with Gasteiger partial charge in [0.05, 0.1) is 6.54 Å². The summed E-state index contributed by atoms with van der Waals surface area (Å²) in [6.07, 6.45) is 6.58. The second-order valence-electron chi connectivity index (χ2n) is 3.44. The molecule has 0 spiro atoms. The molecule has 0 bridgehead atoms. The highest BCUT2D eigenvalue weighted by molar-refractivity contribution is 4.91. The molecule has 0 N–H and O–H groups in total. The van der Waals surface area contributed by atoms with Gasteiger partial charge in [-0.2, -0.15) is 0 Å². The third-order valence-corrected chi connectivity index (χ3v) is 2.48. The Labute approximate surface area is 73.0 Å². The lowest BCUT2D eigenvalue weighted by Crippen LogP contribution is -2.20. The number of rotatable bonds is 2. The summed E-state index contributed by atoms with van der Waals surface area (Å²) in [7, 11) is 2.05. The predicted molar refractivity (Wildman–Crippen MR) is 47.7 cm³/mol. The first-order valence-electron chi connectivity index (χ1n) is 4.55. The summed E-state index contributed by atoms with van der Waals surface area (Å²) in [6, 6.07) is 0. The van der Waals surface area contributed by atoms with Crippen molar-refractivity contribution in [2.24, 2.45) is 7.05 Å². The molecule has 0 atom stereocenters. The van der Waals surface area contributed by atoms with Crippen LogP contribution in [0.1, 0.15) is 18.7 Å². The van der Waals surface area contributed by atoms with E-state index >= 15 is 0 Å². The number of nitrogens with zero attached hydrogens (tertiary/aromatic N) is 3. The van der Waals surface area contributed by atoms with Gasteiger partial charge >= 0.3 is 0 Å². The average Bonchev–Trinajstić information content (AvgIpc) is 2.65. The predicted octanol–water partition coefficient (Wildman–Crippen LogP) is 1.02. The van der Waals surface area contributed by atoms with E-state index in [1.165, 1.54) is 31.8 Å². The van der Waals surface area contributed by atoms with Gasteiger partial charge in [-0.1, -0.05) is 0 Å². The Kier molecular flexibility index (Phi) is 2.13. The molecular weight excluding hydrogens is 150 g/mol. The average molecular weight is 165 g/mol. The maximum absolute atomic E-state index is 4.30. The SMILES string of the molecule is Cn1ccnc1CN1CCCC1. The van der Waals surface area contributed by atoms with Crippen LogP contribution in [0.4, 0.5) is 0 Å². The maximum Gasteiger partial charge on any atom is 0.122 e. The minimum Gasteiger partial charge on any atom is -0.337 e. The zero-order chi connectivity index (χ0) is 8.39. The Hall–Kier alpha value is -0.830. The molecule has 0 unspecified atom stereocenters. The smallest absolute Gasteiger partial charge is 0.122 e. The van der Waals surface area contributed by atoms with Crippen LogP contribution in [0.25, 0.3) is 0 Å². The van der Waals surface area contributed by atoms with Crippen molar-refractivity contribution in [3.05, 3.63) is 18.2 Å². The topological polar surface area (TPSA) is 21.1 Å². The van der Waals surface area contributed by atoms with E-state index in [-0.39, 0.29) is 0 Å². The molecule has 0 radical (unpaired) electrons. The molecule has 0 aliphatic carbocycles. The van der Waals surface area contributed by atoms with Crippen molar-refractivity contribution < 1.29 is 0 Å². The van der Waals surface area contributed by atoms with Gasteiger partial charge in [0.2, 0.25) is 0 Å². The first-order valence-corrected chi connectivity index (χ1v) is 4.55. The minimum absolute atomic E-state index is 1.02. The lowest BCUT2D eigenvalue weighted by Gasteiger charge is -2.13. The van der Waals surface area contributed by atoms with Gasteiger partial charge in [0.15, 0.2) is 0 Å². The molecule has 3 heteroatoms. The second kappa shape index (κ2) is 3.27. The van der Waals surface area contributed by atoms with E-state index in [0.717, 1.165) is 6.54 Å². The Morgan fingerprint density at radius 3 is 2.75 bits per heavy atom. The van der Waals surface area contributed by atoms with Crippen LogP contribution >= 0.6 is 0 Å². The highest BCUT2D eigenvalue weighted by Crippen LogP contribution is 2.10. The molecule has 1 fully saturated rings. The summed E-state index contributed by atoms with van der Waals surface area (Å²) in [5, 5.41) is 0. The van der Waals surface area contributed by atoms with E-state index < -0.39 is 0 Å². The molecule has 1 aromatic rings. The van der Waals surface area contributed by atoms with E-state index in [2.05, 4.69) is 21.5 Å². The van der Waals surface area contributed by atoms with Crippen LogP contribution in [0.5, 0.6) is 0 Å². The standard InChI is InChI=1S/C9H15N3/c1-11-7-4-10-9(11)8-12-5-2-3-6-12/h4,7H,2-3,5-6,8H2,1H3. The second-order valence-corrected chi connectivity index (χ2v) is 3.44. The lowest BCUT2D eigenvalue weighted by atomic mass is 10.4. The normalized spacial score (nSPS) is 18.8. The van der Waals surface area contributed by atoms with Gasteiger partial charge in [0.1, 0.15) is 5.82 Å². The van der Waals surface area contributed by atoms with Crippen molar-refractivity contribution >= 4 is 0 Å². The number of imidazole rings is 1. The Balaban J connectivity index is 1.98. The van der Waals surface area contributed by atoms with Gasteiger partial charge in [-0.25, -0.2) is 4.98 Å². The van der Waals surface area contributed by atoms with E-state index in [0.29, 0.717) is 0 Å². The third kappa shape index (κ3) is 1.50. The van der Waals surface area contributed by atoms with Crippen LogP contribution in [0.15, 0.2) is 12.4 Å². The fourth-order valence-electron chi connectivity index (χ4n) is 1.69. The van der Waals surface area contributed by atoms with Gasteiger partial charge in [-0.3, -0.25) is 4.90 Å².